The zero-order valence-electron chi connectivity index (χ0n) is 12.3. The first kappa shape index (κ1) is 14.1. The largest absolute Gasteiger partial charge is 0.381 e. The van der Waals surface area contributed by atoms with E-state index in [1.54, 1.807) is 0 Å². The van der Waals surface area contributed by atoms with Crippen LogP contribution in [0.3, 0.4) is 0 Å². The van der Waals surface area contributed by atoms with E-state index < -0.39 is 0 Å². The van der Waals surface area contributed by atoms with Crippen LogP contribution in [0.5, 0.6) is 0 Å². The normalized spacial score (nSPS) is 12.4. The Balaban J connectivity index is 1.98. The van der Waals surface area contributed by atoms with Crippen molar-refractivity contribution in [2.45, 2.75) is 46.6 Å². The zero-order valence-corrected chi connectivity index (χ0v) is 13.1. The van der Waals surface area contributed by atoms with Crippen molar-refractivity contribution in [1.29, 1.82) is 0 Å². The molecule has 0 aliphatic carbocycles. The van der Waals surface area contributed by atoms with Gasteiger partial charge in [-0.3, -0.25) is 0 Å². The molecule has 1 atom stereocenters. The fourth-order valence-corrected chi connectivity index (χ4v) is 3.17. The van der Waals surface area contributed by atoms with Crippen LogP contribution in [0.4, 0.5) is 5.69 Å². The highest BCUT2D eigenvalue weighted by Crippen LogP contribution is 2.23. The number of aryl methyl sites for hydroxylation is 2. The highest BCUT2D eigenvalue weighted by Gasteiger charge is 2.04. The van der Waals surface area contributed by atoms with Gasteiger partial charge < -0.3 is 5.32 Å². The third-order valence-corrected chi connectivity index (χ3v) is 4.73. The number of anilines is 1. The number of rotatable bonds is 5. The van der Waals surface area contributed by atoms with Gasteiger partial charge in [-0.1, -0.05) is 26.0 Å². The van der Waals surface area contributed by atoms with Crippen LogP contribution in [-0.4, -0.2) is 0 Å². The van der Waals surface area contributed by atoms with Gasteiger partial charge in [-0.2, -0.15) is 0 Å². The molecule has 1 aromatic heterocycles. The van der Waals surface area contributed by atoms with Crippen molar-refractivity contribution < 1.29 is 0 Å². The Morgan fingerprint density at radius 2 is 1.84 bits per heavy atom. The molecular weight excluding hydrogens is 250 g/mol. The molecule has 0 radical (unpaired) electrons. The molecule has 0 bridgehead atoms. The average Bonchev–Trinajstić information content (AvgIpc) is 2.74. The van der Waals surface area contributed by atoms with Gasteiger partial charge in [0.15, 0.2) is 0 Å². The smallest absolute Gasteiger partial charge is 0.0411 e. The van der Waals surface area contributed by atoms with E-state index in [0.717, 1.165) is 6.54 Å². The summed E-state index contributed by atoms with van der Waals surface area (Å²) in [6.07, 6.45) is 1.19. The summed E-state index contributed by atoms with van der Waals surface area (Å²) < 4.78 is 0. The minimum atomic E-state index is 0.649. The third-order valence-electron chi connectivity index (χ3n) is 3.72. The van der Waals surface area contributed by atoms with Crippen molar-refractivity contribution in [1.82, 2.24) is 0 Å². The van der Waals surface area contributed by atoms with Crippen LogP contribution in [0, 0.1) is 13.8 Å². The maximum absolute atomic E-state index is 3.51. The summed E-state index contributed by atoms with van der Waals surface area (Å²) in [5, 5.41) is 3.51. The number of nitrogens with one attached hydrogen (secondary N) is 1. The van der Waals surface area contributed by atoms with Crippen LogP contribution in [0.15, 0.2) is 30.3 Å². The maximum atomic E-state index is 3.51. The summed E-state index contributed by atoms with van der Waals surface area (Å²) in [6, 6.07) is 11.1. The molecule has 1 heterocycles. The van der Waals surface area contributed by atoms with Crippen LogP contribution in [0.2, 0.25) is 0 Å². The molecule has 1 unspecified atom stereocenters. The van der Waals surface area contributed by atoms with Crippen molar-refractivity contribution in [3.63, 3.8) is 0 Å². The number of thiophene rings is 1. The molecule has 2 rings (SSSR count). The van der Waals surface area contributed by atoms with Crippen molar-refractivity contribution in [2.75, 3.05) is 5.32 Å². The molecule has 0 saturated carbocycles. The molecule has 19 heavy (non-hydrogen) atoms. The van der Waals surface area contributed by atoms with Gasteiger partial charge in [-0.25, -0.2) is 0 Å². The minimum absolute atomic E-state index is 0.649. The van der Waals surface area contributed by atoms with E-state index >= 15 is 0 Å². The maximum Gasteiger partial charge on any atom is 0.0411 e. The highest BCUT2D eigenvalue weighted by atomic mass is 32.1. The van der Waals surface area contributed by atoms with E-state index in [1.165, 1.54) is 33.0 Å². The average molecular weight is 273 g/mol. The lowest BCUT2D eigenvalue weighted by atomic mass is 9.99. The summed E-state index contributed by atoms with van der Waals surface area (Å²) in [5.74, 6) is 0.649. The van der Waals surface area contributed by atoms with Gasteiger partial charge >= 0.3 is 0 Å². The molecule has 0 spiro atoms. The van der Waals surface area contributed by atoms with Crippen LogP contribution in [0.1, 0.15) is 47.1 Å². The molecular formula is C17H23NS. The molecule has 102 valence electrons. The third kappa shape index (κ3) is 3.60. The number of benzene rings is 1. The Labute approximate surface area is 120 Å². The molecule has 0 amide bonds. The second kappa shape index (κ2) is 6.25. The summed E-state index contributed by atoms with van der Waals surface area (Å²) in [5.41, 5.74) is 4.04. The van der Waals surface area contributed by atoms with Crippen LogP contribution >= 0.6 is 11.3 Å². The topological polar surface area (TPSA) is 12.0 Å². The lowest BCUT2D eigenvalue weighted by Gasteiger charge is -2.11. The second-order valence-electron chi connectivity index (χ2n) is 5.22. The lowest BCUT2D eigenvalue weighted by molar-refractivity contribution is 0.734. The SMILES string of the molecule is CCC(C)c1ccc(NCc2cc(C)sc2C)cc1. The highest BCUT2D eigenvalue weighted by molar-refractivity contribution is 7.12. The predicted molar refractivity (Wildman–Crippen MR) is 86.3 cm³/mol. The van der Waals surface area contributed by atoms with Crippen molar-refractivity contribution in [3.05, 3.63) is 51.2 Å². The molecule has 1 N–H and O–H groups in total. The number of hydrogen-bond donors (Lipinski definition) is 1. The van der Waals surface area contributed by atoms with E-state index in [2.05, 4.69) is 63.3 Å². The fraction of sp³-hybridized carbons (Fsp3) is 0.412. The Bertz CT molecular complexity index is 525. The minimum Gasteiger partial charge on any atom is -0.381 e. The quantitative estimate of drug-likeness (QED) is 0.759. The summed E-state index contributed by atoms with van der Waals surface area (Å²) in [6.45, 7) is 9.79. The van der Waals surface area contributed by atoms with Gasteiger partial charge in [0, 0.05) is 22.0 Å². The lowest BCUT2D eigenvalue weighted by Crippen LogP contribution is -2.00. The molecule has 0 fully saturated rings. The van der Waals surface area contributed by atoms with Crippen LogP contribution in [0.25, 0.3) is 0 Å². The Hall–Kier alpha value is -1.28. The first-order chi connectivity index (χ1) is 9.10. The number of hydrogen-bond acceptors (Lipinski definition) is 2. The Kier molecular flexibility index (Phi) is 4.65. The van der Waals surface area contributed by atoms with Gasteiger partial charge in [-0.15, -0.1) is 11.3 Å². The fourth-order valence-electron chi connectivity index (χ4n) is 2.22. The molecule has 2 heteroatoms. The standard InChI is InChI=1S/C17H23NS/c1-5-12(2)15-6-8-17(9-7-15)18-11-16-10-13(3)19-14(16)4/h6-10,12,18H,5,11H2,1-4H3. The van der Waals surface area contributed by atoms with E-state index in [-0.39, 0.29) is 0 Å². The summed E-state index contributed by atoms with van der Waals surface area (Å²) >= 11 is 1.87. The molecule has 0 aliphatic heterocycles. The van der Waals surface area contributed by atoms with Crippen LogP contribution in [-0.2, 0) is 6.54 Å². The van der Waals surface area contributed by atoms with E-state index in [0.29, 0.717) is 5.92 Å². The summed E-state index contributed by atoms with van der Waals surface area (Å²) in [4.78, 5) is 2.81. The first-order valence-electron chi connectivity index (χ1n) is 7.00. The van der Waals surface area contributed by atoms with E-state index in [9.17, 15) is 0 Å². The Morgan fingerprint density at radius 3 is 2.37 bits per heavy atom. The zero-order chi connectivity index (χ0) is 13.8. The monoisotopic (exact) mass is 273 g/mol. The molecule has 2 aromatic rings. The van der Waals surface area contributed by atoms with E-state index in [4.69, 9.17) is 0 Å². The second-order valence-corrected chi connectivity index (χ2v) is 6.68. The van der Waals surface area contributed by atoms with Gasteiger partial charge in [0.1, 0.15) is 0 Å². The molecule has 1 aromatic carbocycles. The van der Waals surface area contributed by atoms with Crippen LogP contribution < -0.4 is 5.32 Å². The van der Waals surface area contributed by atoms with Crippen molar-refractivity contribution in [2.24, 2.45) is 0 Å². The molecule has 0 aliphatic rings. The first-order valence-corrected chi connectivity index (χ1v) is 7.81. The summed E-state index contributed by atoms with van der Waals surface area (Å²) in [7, 11) is 0. The van der Waals surface area contributed by atoms with Gasteiger partial charge in [0.05, 0.1) is 0 Å². The van der Waals surface area contributed by atoms with Gasteiger partial charge in [-0.05, 0) is 55.5 Å². The molecule has 0 saturated heterocycles. The van der Waals surface area contributed by atoms with Gasteiger partial charge in [0.25, 0.3) is 0 Å². The van der Waals surface area contributed by atoms with Crippen molar-refractivity contribution >= 4 is 17.0 Å². The van der Waals surface area contributed by atoms with Gasteiger partial charge in [0.2, 0.25) is 0 Å². The molecule has 1 nitrogen and oxygen atoms in total. The van der Waals surface area contributed by atoms with E-state index in [1.807, 2.05) is 11.3 Å². The Morgan fingerprint density at radius 1 is 1.16 bits per heavy atom. The van der Waals surface area contributed by atoms with Crippen molar-refractivity contribution in [3.8, 4) is 0 Å². The predicted octanol–water partition coefficient (Wildman–Crippen LogP) is 5.49.